The van der Waals surface area contributed by atoms with Crippen LogP contribution in [0.1, 0.15) is 42.5 Å². The van der Waals surface area contributed by atoms with Crippen molar-refractivity contribution in [2.24, 2.45) is 5.92 Å². The van der Waals surface area contributed by atoms with Crippen molar-refractivity contribution in [3.63, 3.8) is 0 Å². The molecular formula is C21H26Cl2N2O4S. The number of amides is 1. The summed E-state index contributed by atoms with van der Waals surface area (Å²) in [6.07, 6.45) is 3.36. The Balaban J connectivity index is 1.52. The lowest BCUT2D eigenvalue weighted by atomic mass is 10.0. The standard InChI is InChI=1S/C21H26Cl2N2O4S/c1-15-5-3-11-25(13-15)12-4-10-24-21(26)19-9-8-16(29-19)14-30(27,28)20-17(22)6-2-7-18(20)23/h2,6-9,15H,3-5,10-14H2,1H3,(H,24,26)/t15-/m1/s1. The maximum atomic E-state index is 12.7. The number of nitrogens with zero attached hydrogens (tertiary/aromatic N) is 1. The highest BCUT2D eigenvalue weighted by atomic mass is 35.5. The van der Waals surface area contributed by atoms with Crippen molar-refractivity contribution in [1.82, 2.24) is 10.2 Å². The van der Waals surface area contributed by atoms with Crippen molar-refractivity contribution < 1.29 is 17.6 Å². The molecule has 2 aromatic rings. The van der Waals surface area contributed by atoms with Crippen LogP contribution < -0.4 is 5.32 Å². The van der Waals surface area contributed by atoms with E-state index in [4.69, 9.17) is 27.6 Å². The second-order valence-electron chi connectivity index (χ2n) is 7.73. The van der Waals surface area contributed by atoms with E-state index in [2.05, 4.69) is 17.1 Å². The van der Waals surface area contributed by atoms with Gasteiger partial charge in [0.1, 0.15) is 16.4 Å². The Bertz CT molecular complexity index is 970. The number of halogens is 2. The number of benzene rings is 1. The van der Waals surface area contributed by atoms with E-state index in [0.717, 1.165) is 32.0 Å². The molecule has 2 heterocycles. The van der Waals surface area contributed by atoms with Crippen LogP contribution in [0.4, 0.5) is 0 Å². The Hall–Kier alpha value is -1.54. The summed E-state index contributed by atoms with van der Waals surface area (Å²) in [5, 5.41) is 2.93. The summed E-state index contributed by atoms with van der Waals surface area (Å²) in [5.74, 6) is 0.167. The Morgan fingerprint density at radius 2 is 1.97 bits per heavy atom. The highest BCUT2D eigenvalue weighted by Gasteiger charge is 2.24. The van der Waals surface area contributed by atoms with Gasteiger partial charge in [0, 0.05) is 13.1 Å². The first-order chi connectivity index (χ1) is 14.3. The number of carbonyl (C=O) groups is 1. The minimum absolute atomic E-state index is 0.0510. The van der Waals surface area contributed by atoms with Gasteiger partial charge in [0.25, 0.3) is 5.91 Å². The molecule has 1 atom stereocenters. The van der Waals surface area contributed by atoms with Crippen molar-refractivity contribution in [2.75, 3.05) is 26.2 Å². The van der Waals surface area contributed by atoms with Crippen molar-refractivity contribution in [1.29, 1.82) is 0 Å². The van der Waals surface area contributed by atoms with Gasteiger partial charge in [0.15, 0.2) is 15.6 Å². The average Bonchev–Trinajstić information content (AvgIpc) is 3.12. The Kier molecular flexibility index (Phi) is 7.85. The lowest BCUT2D eigenvalue weighted by Crippen LogP contribution is -2.36. The minimum atomic E-state index is -3.82. The monoisotopic (exact) mass is 472 g/mol. The number of piperidine rings is 1. The fraction of sp³-hybridized carbons (Fsp3) is 0.476. The summed E-state index contributed by atoms with van der Waals surface area (Å²) in [6.45, 7) is 5.98. The predicted octanol–water partition coefficient (Wildman–Crippen LogP) is 4.41. The van der Waals surface area contributed by atoms with E-state index >= 15 is 0 Å². The van der Waals surface area contributed by atoms with E-state index in [9.17, 15) is 13.2 Å². The molecule has 1 amide bonds. The van der Waals surface area contributed by atoms with Gasteiger partial charge in [-0.1, -0.05) is 36.2 Å². The summed E-state index contributed by atoms with van der Waals surface area (Å²) in [5.41, 5.74) is 0. The van der Waals surface area contributed by atoms with E-state index in [-0.39, 0.29) is 32.4 Å². The van der Waals surface area contributed by atoms with Gasteiger partial charge in [-0.05, 0) is 62.5 Å². The first kappa shape index (κ1) is 23.1. The molecule has 1 saturated heterocycles. The molecule has 0 unspecified atom stereocenters. The van der Waals surface area contributed by atoms with Crippen LogP contribution in [0.2, 0.25) is 10.0 Å². The number of carbonyl (C=O) groups excluding carboxylic acids is 1. The first-order valence-electron chi connectivity index (χ1n) is 10.0. The number of hydrogen-bond donors (Lipinski definition) is 1. The molecule has 0 aliphatic carbocycles. The second-order valence-corrected chi connectivity index (χ2v) is 10.5. The SMILES string of the molecule is C[C@@H]1CCCN(CCCNC(=O)c2ccc(CS(=O)(=O)c3c(Cl)cccc3Cl)o2)C1. The van der Waals surface area contributed by atoms with Gasteiger partial charge in [-0.2, -0.15) is 0 Å². The number of sulfone groups is 1. The van der Waals surface area contributed by atoms with Crippen LogP contribution in [0, 0.1) is 5.92 Å². The number of hydrogen-bond acceptors (Lipinski definition) is 5. The van der Waals surface area contributed by atoms with Gasteiger partial charge in [-0.25, -0.2) is 8.42 Å². The molecule has 0 bridgehead atoms. The van der Waals surface area contributed by atoms with Crippen molar-refractivity contribution in [3.05, 3.63) is 51.9 Å². The molecule has 1 N–H and O–H groups in total. The summed E-state index contributed by atoms with van der Waals surface area (Å²) >= 11 is 12.0. The molecule has 0 radical (unpaired) electrons. The van der Waals surface area contributed by atoms with Crippen LogP contribution in [0.25, 0.3) is 0 Å². The van der Waals surface area contributed by atoms with Crippen LogP contribution in [-0.2, 0) is 15.6 Å². The van der Waals surface area contributed by atoms with E-state index in [1.165, 1.54) is 37.1 Å². The normalized spacial score (nSPS) is 17.8. The zero-order valence-corrected chi connectivity index (χ0v) is 19.2. The van der Waals surface area contributed by atoms with Crippen LogP contribution in [0.15, 0.2) is 39.6 Å². The fourth-order valence-electron chi connectivity index (χ4n) is 3.70. The zero-order valence-electron chi connectivity index (χ0n) is 16.9. The number of furan rings is 1. The molecule has 1 aromatic heterocycles. The fourth-order valence-corrected chi connectivity index (χ4v) is 6.21. The lowest BCUT2D eigenvalue weighted by Gasteiger charge is -2.30. The topological polar surface area (TPSA) is 79.6 Å². The summed E-state index contributed by atoms with van der Waals surface area (Å²) in [7, 11) is -3.82. The van der Waals surface area contributed by atoms with Crippen LogP contribution in [0.3, 0.4) is 0 Å². The van der Waals surface area contributed by atoms with E-state index in [1.54, 1.807) is 6.07 Å². The molecule has 6 nitrogen and oxygen atoms in total. The molecule has 1 aromatic carbocycles. The van der Waals surface area contributed by atoms with Gasteiger partial charge in [0.05, 0.1) is 10.0 Å². The average molecular weight is 473 g/mol. The highest BCUT2D eigenvalue weighted by Crippen LogP contribution is 2.31. The third-order valence-electron chi connectivity index (χ3n) is 5.13. The lowest BCUT2D eigenvalue weighted by molar-refractivity contribution is 0.0921. The van der Waals surface area contributed by atoms with E-state index < -0.39 is 15.6 Å². The maximum Gasteiger partial charge on any atom is 0.286 e. The summed E-state index contributed by atoms with van der Waals surface area (Å²) < 4.78 is 30.8. The van der Waals surface area contributed by atoms with Crippen LogP contribution in [0.5, 0.6) is 0 Å². The van der Waals surface area contributed by atoms with Gasteiger partial charge in [0.2, 0.25) is 0 Å². The maximum absolute atomic E-state index is 12.7. The number of nitrogens with one attached hydrogen (secondary N) is 1. The third kappa shape index (κ3) is 6.00. The van der Waals surface area contributed by atoms with Gasteiger partial charge in [-0.15, -0.1) is 0 Å². The van der Waals surface area contributed by atoms with E-state index in [0.29, 0.717) is 6.54 Å². The second kappa shape index (κ2) is 10.2. The molecule has 1 aliphatic heterocycles. The first-order valence-corrected chi connectivity index (χ1v) is 12.4. The molecule has 164 valence electrons. The molecule has 3 rings (SSSR count). The Labute approximate surface area is 187 Å². The quantitative estimate of drug-likeness (QED) is 0.575. The van der Waals surface area contributed by atoms with Crippen molar-refractivity contribution in [3.8, 4) is 0 Å². The molecule has 30 heavy (non-hydrogen) atoms. The largest absolute Gasteiger partial charge is 0.455 e. The van der Waals surface area contributed by atoms with Crippen molar-refractivity contribution in [2.45, 2.75) is 36.8 Å². The smallest absolute Gasteiger partial charge is 0.286 e. The molecule has 9 heteroatoms. The van der Waals surface area contributed by atoms with Crippen LogP contribution >= 0.6 is 23.2 Å². The highest BCUT2D eigenvalue weighted by molar-refractivity contribution is 7.90. The van der Waals surface area contributed by atoms with Gasteiger partial charge < -0.3 is 14.6 Å². The molecule has 1 aliphatic rings. The van der Waals surface area contributed by atoms with Gasteiger partial charge in [-0.3, -0.25) is 4.79 Å². The predicted molar refractivity (Wildman–Crippen MR) is 118 cm³/mol. The van der Waals surface area contributed by atoms with Gasteiger partial charge >= 0.3 is 0 Å². The van der Waals surface area contributed by atoms with Crippen molar-refractivity contribution >= 4 is 38.9 Å². The molecule has 1 fully saturated rings. The number of rotatable bonds is 8. The molecule has 0 saturated carbocycles. The summed E-state index contributed by atoms with van der Waals surface area (Å²) in [6, 6.07) is 7.45. The minimum Gasteiger partial charge on any atom is -0.455 e. The third-order valence-corrected chi connectivity index (χ3v) is 7.71. The van der Waals surface area contributed by atoms with E-state index in [1.807, 2.05) is 0 Å². The Morgan fingerprint density at radius 3 is 2.67 bits per heavy atom. The molecule has 0 spiro atoms. The zero-order chi connectivity index (χ0) is 21.7. The van der Waals surface area contributed by atoms with Crippen LogP contribution in [-0.4, -0.2) is 45.4 Å². The molecular weight excluding hydrogens is 447 g/mol. The number of likely N-dealkylation sites (tertiary alicyclic amines) is 1. The Morgan fingerprint density at radius 1 is 1.23 bits per heavy atom. The summed E-state index contributed by atoms with van der Waals surface area (Å²) in [4.78, 5) is 14.6.